The summed E-state index contributed by atoms with van der Waals surface area (Å²) in [6.07, 6.45) is -1.11. The lowest BCUT2D eigenvalue weighted by Gasteiger charge is -2.25. The molecule has 2 rings (SSSR count). The van der Waals surface area contributed by atoms with Crippen LogP contribution < -0.4 is 4.90 Å². The molecule has 24 heavy (non-hydrogen) atoms. The van der Waals surface area contributed by atoms with Crippen molar-refractivity contribution < 1.29 is 19.7 Å². The second-order valence-electron chi connectivity index (χ2n) is 4.89. The molecular weight excluding hydrogens is 355 g/mol. The minimum absolute atomic E-state index is 0.0827. The zero-order valence-electron chi connectivity index (χ0n) is 12.8. The quantitative estimate of drug-likeness (QED) is 0.461. The van der Waals surface area contributed by atoms with Gasteiger partial charge in [-0.3, -0.25) is 4.79 Å². The van der Waals surface area contributed by atoms with Crippen molar-refractivity contribution in [3.63, 3.8) is 0 Å². The van der Waals surface area contributed by atoms with Gasteiger partial charge in [-0.05, 0) is 18.2 Å². The van der Waals surface area contributed by atoms with Gasteiger partial charge in [-0.25, -0.2) is 4.98 Å². The Balaban J connectivity index is 2.39. The number of esters is 1. The van der Waals surface area contributed by atoms with Crippen molar-refractivity contribution in [1.82, 2.24) is 4.98 Å². The van der Waals surface area contributed by atoms with E-state index in [2.05, 4.69) is 9.72 Å². The number of anilines is 1. The molecule has 6 nitrogen and oxygen atoms in total. The number of methoxy groups -OCH3 is 1. The Bertz CT molecular complexity index is 727. The summed E-state index contributed by atoms with van der Waals surface area (Å²) in [5.74, 6) is -0.513. The molecule has 0 bridgehead atoms. The molecule has 8 heteroatoms. The van der Waals surface area contributed by atoms with Gasteiger partial charge in [0.1, 0.15) is 24.5 Å². The van der Waals surface area contributed by atoms with Crippen LogP contribution in [0.3, 0.4) is 0 Å². The van der Waals surface area contributed by atoms with Crippen LogP contribution in [0, 0.1) is 0 Å². The van der Waals surface area contributed by atoms with E-state index in [0.29, 0.717) is 16.9 Å². The van der Waals surface area contributed by atoms with Crippen LogP contribution in [0.25, 0.3) is 0 Å². The zero-order valence-corrected chi connectivity index (χ0v) is 14.3. The number of aromatic nitrogens is 1. The predicted molar refractivity (Wildman–Crippen MR) is 91.2 cm³/mol. The third-order valence-corrected chi connectivity index (χ3v) is 4.09. The lowest BCUT2D eigenvalue weighted by Crippen LogP contribution is -2.32. The summed E-state index contributed by atoms with van der Waals surface area (Å²) >= 11 is 11.7. The fourth-order valence-electron chi connectivity index (χ4n) is 2.18. The molecule has 128 valence electrons. The number of hydrogen-bond acceptors (Lipinski definition) is 6. The van der Waals surface area contributed by atoms with E-state index in [9.17, 15) is 15.0 Å². The van der Waals surface area contributed by atoms with Crippen molar-refractivity contribution in [2.24, 2.45) is 0 Å². The van der Waals surface area contributed by atoms with E-state index in [1.54, 1.807) is 30.3 Å². The lowest BCUT2D eigenvalue weighted by atomic mass is 10.0. The standard InChI is InChI=1S/C16H16Cl2N2O4/c1-24-14(22)8-20(9-21)13-5-3-2-4-10(13)15(23)12-7-6-11(17)16(18)19-12/h2-7,15,21,23H,8-9H2,1H3. The van der Waals surface area contributed by atoms with E-state index in [-0.39, 0.29) is 16.7 Å². The molecule has 0 aliphatic rings. The Kier molecular flexibility index (Phi) is 6.39. The van der Waals surface area contributed by atoms with Crippen LogP contribution in [0.2, 0.25) is 10.2 Å². The Labute approximate surface area is 149 Å². The molecule has 0 saturated carbocycles. The van der Waals surface area contributed by atoms with Gasteiger partial charge in [0.2, 0.25) is 0 Å². The topological polar surface area (TPSA) is 82.9 Å². The van der Waals surface area contributed by atoms with Crippen LogP contribution in [0.5, 0.6) is 0 Å². The van der Waals surface area contributed by atoms with Crippen molar-refractivity contribution >= 4 is 34.9 Å². The molecule has 1 aromatic carbocycles. The highest BCUT2D eigenvalue weighted by molar-refractivity contribution is 6.41. The lowest BCUT2D eigenvalue weighted by molar-refractivity contribution is -0.139. The van der Waals surface area contributed by atoms with Crippen LogP contribution in [0.1, 0.15) is 17.4 Å². The monoisotopic (exact) mass is 370 g/mol. The van der Waals surface area contributed by atoms with Gasteiger partial charge in [-0.1, -0.05) is 41.4 Å². The normalized spacial score (nSPS) is 11.9. The molecule has 1 aromatic heterocycles. The minimum atomic E-state index is -1.11. The number of ether oxygens (including phenoxy) is 1. The molecule has 0 fully saturated rings. The number of benzene rings is 1. The molecule has 0 amide bonds. The number of aliphatic hydroxyl groups excluding tert-OH is 2. The number of para-hydroxylation sites is 1. The second-order valence-corrected chi connectivity index (χ2v) is 5.65. The number of nitrogens with zero attached hydrogens (tertiary/aromatic N) is 2. The van der Waals surface area contributed by atoms with Gasteiger partial charge in [0, 0.05) is 11.3 Å². The molecule has 0 aliphatic carbocycles. The average Bonchev–Trinajstić information content (AvgIpc) is 2.61. The van der Waals surface area contributed by atoms with Gasteiger partial charge < -0.3 is 19.8 Å². The summed E-state index contributed by atoms with van der Waals surface area (Å²) in [7, 11) is 1.26. The number of carbonyl (C=O) groups excluding carboxylic acids is 1. The van der Waals surface area contributed by atoms with E-state index in [1.807, 2.05) is 0 Å². The second kappa shape index (κ2) is 8.30. The number of rotatable bonds is 6. The van der Waals surface area contributed by atoms with Gasteiger partial charge in [0.25, 0.3) is 0 Å². The van der Waals surface area contributed by atoms with E-state index >= 15 is 0 Å². The van der Waals surface area contributed by atoms with E-state index in [4.69, 9.17) is 23.2 Å². The van der Waals surface area contributed by atoms with Crippen molar-refractivity contribution in [3.8, 4) is 0 Å². The first kappa shape index (κ1) is 18.5. The summed E-state index contributed by atoms with van der Waals surface area (Å²) in [6.45, 7) is -0.584. The summed E-state index contributed by atoms with van der Waals surface area (Å²) in [5, 5.41) is 20.6. The molecule has 2 aromatic rings. The van der Waals surface area contributed by atoms with Crippen LogP contribution >= 0.6 is 23.2 Å². The number of carbonyl (C=O) groups is 1. The SMILES string of the molecule is COC(=O)CN(CO)c1ccccc1C(O)c1ccc(Cl)c(Cl)n1. The molecule has 1 unspecified atom stereocenters. The molecule has 0 spiro atoms. The first-order valence-electron chi connectivity index (χ1n) is 6.99. The highest BCUT2D eigenvalue weighted by Crippen LogP contribution is 2.31. The summed E-state index contributed by atoms with van der Waals surface area (Å²) in [5.41, 5.74) is 1.24. The third-order valence-electron chi connectivity index (χ3n) is 3.40. The minimum Gasteiger partial charge on any atom is -0.468 e. The highest BCUT2D eigenvalue weighted by Gasteiger charge is 2.21. The predicted octanol–water partition coefficient (Wildman–Crippen LogP) is 2.40. The smallest absolute Gasteiger partial charge is 0.325 e. The first-order chi connectivity index (χ1) is 11.5. The Morgan fingerprint density at radius 2 is 2.00 bits per heavy atom. The maximum Gasteiger partial charge on any atom is 0.325 e. The molecule has 1 atom stereocenters. The van der Waals surface area contributed by atoms with Crippen LogP contribution in [0.15, 0.2) is 36.4 Å². The van der Waals surface area contributed by atoms with E-state index in [1.165, 1.54) is 18.1 Å². The first-order valence-corrected chi connectivity index (χ1v) is 7.75. The molecule has 0 aliphatic heterocycles. The van der Waals surface area contributed by atoms with Gasteiger partial charge in [-0.2, -0.15) is 0 Å². The van der Waals surface area contributed by atoms with Crippen molar-refractivity contribution in [1.29, 1.82) is 0 Å². The van der Waals surface area contributed by atoms with Crippen LogP contribution in [0.4, 0.5) is 5.69 Å². The maximum atomic E-state index is 11.5. The number of pyridine rings is 1. The van der Waals surface area contributed by atoms with E-state index in [0.717, 1.165) is 0 Å². The van der Waals surface area contributed by atoms with Crippen LogP contribution in [-0.2, 0) is 9.53 Å². The van der Waals surface area contributed by atoms with Crippen molar-refractivity contribution in [2.75, 3.05) is 25.3 Å². The molecule has 0 saturated heterocycles. The Morgan fingerprint density at radius 3 is 2.62 bits per heavy atom. The number of hydrogen-bond donors (Lipinski definition) is 2. The largest absolute Gasteiger partial charge is 0.468 e. The molecular formula is C16H16Cl2N2O4. The van der Waals surface area contributed by atoms with Gasteiger partial charge in [0.05, 0.1) is 17.8 Å². The van der Waals surface area contributed by atoms with Gasteiger partial charge in [-0.15, -0.1) is 0 Å². The van der Waals surface area contributed by atoms with E-state index < -0.39 is 18.8 Å². The Hall–Kier alpha value is -1.86. The molecule has 1 heterocycles. The van der Waals surface area contributed by atoms with Crippen molar-refractivity contribution in [3.05, 3.63) is 57.8 Å². The number of aliphatic hydroxyl groups is 2. The summed E-state index contributed by atoms with van der Waals surface area (Å²) < 4.78 is 4.62. The van der Waals surface area contributed by atoms with Crippen LogP contribution in [-0.4, -0.2) is 41.6 Å². The van der Waals surface area contributed by atoms with Crippen molar-refractivity contribution in [2.45, 2.75) is 6.10 Å². The fourth-order valence-corrected chi connectivity index (χ4v) is 2.45. The summed E-state index contributed by atoms with van der Waals surface area (Å²) in [4.78, 5) is 16.9. The zero-order chi connectivity index (χ0) is 17.7. The third kappa shape index (κ3) is 4.15. The average molecular weight is 371 g/mol. The van der Waals surface area contributed by atoms with Gasteiger partial charge >= 0.3 is 5.97 Å². The molecule has 0 radical (unpaired) electrons. The van der Waals surface area contributed by atoms with Gasteiger partial charge in [0.15, 0.2) is 0 Å². The molecule has 2 N–H and O–H groups in total. The highest BCUT2D eigenvalue weighted by atomic mass is 35.5. The summed E-state index contributed by atoms with van der Waals surface area (Å²) in [6, 6.07) is 9.90. The number of halogens is 2. The fraction of sp³-hybridized carbons (Fsp3) is 0.250. The maximum absolute atomic E-state index is 11.5. The Morgan fingerprint density at radius 1 is 1.29 bits per heavy atom.